The minimum atomic E-state index is 0.617. The van der Waals surface area contributed by atoms with Gasteiger partial charge in [-0.3, -0.25) is 0 Å². The first-order valence-corrected chi connectivity index (χ1v) is 8.61. The number of halogens is 1. The predicted molar refractivity (Wildman–Crippen MR) is 86.1 cm³/mol. The lowest BCUT2D eigenvalue weighted by molar-refractivity contribution is 0.240. The van der Waals surface area contributed by atoms with Crippen molar-refractivity contribution in [2.24, 2.45) is 11.8 Å². The number of nitrogens with one attached hydrogen (secondary N) is 1. The summed E-state index contributed by atoms with van der Waals surface area (Å²) >= 11 is 7.95. The molecule has 0 heterocycles. The van der Waals surface area contributed by atoms with Gasteiger partial charge in [-0.15, -0.1) is 11.8 Å². The Bertz CT molecular complexity index is 396. The zero-order valence-corrected chi connectivity index (χ0v) is 13.4. The highest BCUT2D eigenvalue weighted by Gasteiger charge is 2.25. The number of hydrogen-bond donors (Lipinski definition) is 1. The van der Waals surface area contributed by atoms with Crippen molar-refractivity contribution in [3.63, 3.8) is 0 Å². The monoisotopic (exact) mass is 297 g/mol. The second kappa shape index (κ2) is 7.56. The second-order valence-corrected chi connectivity index (χ2v) is 7.23. The normalized spacial score (nSPS) is 25.2. The van der Waals surface area contributed by atoms with E-state index in [1.807, 2.05) is 23.9 Å². The van der Waals surface area contributed by atoms with Gasteiger partial charge in [-0.25, -0.2) is 0 Å². The molecule has 0 spiro atoms. The van der Waals surface area contributed by atoms with Gasteiger partial charge in [0.1, 0.15) is 0 Å². The molecule has 0 aromatic heterocycles. The van der Waals surface area contributed by atoms with Crippen LogP contribution in [0.15, 0.2) is 29.2 Å². The molecule has 1 aromatic carbocycles. The number of rotatable bonds is 5. The predicted octanol–water partition coefficient (Wildman–Crippen LogP) is 4.85. The molecular formula is C16H24ClNS. The maximum Gasteiger partial charge on any atom is 0.0417 e. The molecule has 0 radical (unpaired) electrons. The van der Waals surface area contributed by atoms with Crippen LogP contribution in [0.2, 0.25) is 5.02 Å². The molecule has 3 heteroatoms. The van der Waals surface area contributed by atoms with Crippen LogP contribution in [0.25, 0.3) is 0 Å². The van der Waals surface area contributed by atoms with E-state index in [1.165, 1.54) is 30.6 Å². The van der Waals surface area contributed by atoms with Crippen LogP contribution in [0, 0.1) is 11.8 Å². The van der Waals surface area contributed by atoms with Crippen LogP contribution in [-0.2, 0) is 0 Å². The Balaban J connectivity index is 1.88. The van der Waals surface area contributed by atoms with Crippen molar-refractivity contribution in [2.45, 2.75) is 43.5 Å². The summed E-state index contributed by atoms with van der Waals surface area (Å²) in [6.45, 7) is 2.39. The molecule has 3 atom stereocenters. The van der Waals surface area contributed by atoms with E-state index in [2.05, 4.69) is 31.4 Å². The van der Waals surface area contributed by atoms with Crippen molar-refractivity contribution in [1.29, 1.82) is 0 Å². The molecule has 2 rings (SSSR count). The van der Waals surface area contributed by atoms with E-state index in [-0.39, 0.29) is 0 Å². The standard InChI is InChI=1S/C16H24ClNS/c1-12-5-3-6-13(9-12)16(18-2)11-19-15-8-4-7-14(17)10-15/h4,7-8,10,12-13,16,18H,3,5-6,9,11H2,1-2H3. The average molecular weight is 298 g/mol. The number of thioether (sulfide) groups is 1. The Labute approximate surface area is 126 Å². The molecule has 1 aromatic rings. The lowest BCUT2D eigenvalue weighted by atomic mass is 9.79. The van der Waals surface area contributed by atoms with Gasteiger partial charge in [0, 0.05) is 21.7 Å². The Hall–Kier alpha value is -0.180. The Morgan fingerprint density at radius 2 is 2.26 bits per heavy atom. The number of benzene rings is 1. The molecule has 0 amide bonds. The quantitative estimate of drug-likeness (QED) is 0.780. The topological polar surface area (TPSA) is 12.0 Å². The fraction of sp³-hybridized carbons (Fsp3) is 0.625. The largest absolute Gasteiger partial charge is 0.316 e. The molecule has 1 aliphatic rings. The first-order chi connectivity index (χ1) is 9.19. The molecule has 0 bridgehead atoms. The maximum absolute atomic E-state index is 6.03. The molecular weight excluding hydrogens is 274 g/mol. The van der Waals surface area contributed by atoms with Crippen LogP contribution in [0.4, 0.5) is 0 Å². The van der Waals surface area contributed by atoms with Crippen molar-refractivity contribution in [1.82, 2.24) is 5.32 Å². The third-order valence-electron chi connectivity index (χ3n) is 4.14. The van der Waals surface area contributed by atoms with Crippen LogP contribution in [0.5, 0.6) is 0 Å². The van der Waals surface area contributed by atoms with Gasteiger partial charge in [0.25, 0.3) is 0 Å². The molecule has 0 aliphatic heterocycles. The van der Waals surface area contributed by atoms with Crippen LogP contribution in [0.1, 0.15) is 32.6 Å². The molecule has 19 heavy (non-hydrogen) atoms. The average Bonchev–Trinajstić information content (AvgIpc) is 2.40. The fourth-order valence-corrected chi connectivity index (χ4v) is 4.50. The summed E-state index contributed by atoms with van der Waals surface area (Å²) < 4.78 is 0. The Morgan fingerprint density at radius 1 is 1.42 bits per heavy atom. The second-order valence-electron chi connectivity index (χ2n) is 5.70. The summed E-state index contributed by atoms with van der Waals surface area (Å²) in [5.74, 6) is 2.86. The van der Waals surface area contributed by atoms with Crippen LogP contribution >= 0.6 is 23.4 Å². The Kier molecular flexibility index (Phi) is 6.06. The zero-order valence-electron chi connectivity index (χ0n) is 11.9. The van der Waals surface area contributed by atoms with Gasteiger partial charge in [-0.05, 0) is 49.9 Å². The van der Waals surface area contributed by atoms with E-state index in [9.17, 15) is 0 Å². The summed E-state index contributed by atoms with van der Waals surface area (Å²) in [5.41, 5.74) is 0. The van der Waals surface area contributed by atoms with Crippen LogP contribution in [-0.4, -0.2) is 18.8 Å². The molecule has 0 saturated heterocycles. The highest BCUT2D eigenvalue weighted by atomic mass is 35.5. The fourth-order valence-electron chi connectivity index (χ4n) is 3.04. The van der Waals surface area contributed by atoms with Crippen molar-refractivity contribution in [2.75, 3.05) is 12.8 Å². The zero-order chi connectivity index (χ0) is 13.7. The van der Waals surface area contributed by atoms with Gasteiger partial charge in [-0.1, -0.05) is 37.4 Å². The first kappa shape index (κ1) is 15.2. The smallest absolute Gasteiger partial charge is 0.0417 e. The minimum absolute atomic E-state index is 0.617. The van der Waals surface area contributed by atoms with Crippen molar-refractivity contribution in [3.8, 4) is 0 Å². The highest BCUT2D eigenvalue weighted by molar-refractivity contribution is 7.99. The van der Waals surface area contributed by atoms with E-state index in [0.717, 1.165) is 22.6 Å². The summed E-state index contributed by atoms with van der Waals surface area (Å²) in [5, 5.41) is 4.35. The number of hydrogen-bond acceptors (Lipinski definition) is 2. The maximum atomic E-state index is 6.03. The van der Waals surface area contributed by atoms with E-state index >= 15 is 0 Å². The third-order valence-corrected chi connectivity index (χ3v) is 5.49. The molecule has 1 N–H and O–H groups in total. The SMILES string of the molecule is CNC(CSc1cccc(Cl)c1)C1CCCC(C)C1. The molecule has 3 unspecified atom stereocenters. The summed E-state index contributed by atoms with van der Waals surface area (Å²) in [6, 6.07) is 8.78. The Morgan fingerprint density at radius 3 is 2.95 bits per heavy atom. The highest BCUT2D eigenvalue weighted by Crippen LogP contribution is 2.33. The van der Waals surface area contributed by atoms with Crippen molar-refractivity contribution >= 4 is 23.4 Å². The molecule has 106 valence electrons. The molecule has 1 aliphatic carbocycles. The van der Waals surface area contributed by atoms with E-state index in [1.54, 1.807) is 0 Å². The van der Waals surface area contributed by atoms with E-state index in [4.69, 9.17) is 11.6 Å². The van der Waals surface area contributed by atoms with E-state index < -0.39 is 0 Å². The summed E-state index contributed by atoms with van der Waals surface area (Å²) in [4.78, 5) is 1.27. The molecule has 1 fully saturated rings. The lowest BCUT2D eigenvalue weighted by Crippen LogP contribution is -2.38. The van der Waals surface area contributed by atoms with E-state index in [0.29, 0.717) is 6.04 Å². The lowest BCUT2D eigenvalue weighted by Gasteiger charge is -2.33. The van der Waals surface area contributed by atoms with Crippen molar-refractivity contribution in [3.05, 3.63) is 29.3 Å². The van der Waals surface area contributed by atoms with Gasteiger partial charge in [-0.2, -0.15) is 0 Å². The van der Waals surface area contributed by atoms with Crippen LogP contribution < -0.4 is 5.32 Å². The summed E-state index contributed by atoms with van der Waals surface area (Å²) in [7, 11) is 2.10. The first-order valence-electron chi connectivity index (χ1n) is 7.24. The van der Waals surface area contributed by atoms with Gasteiger partial charge in [0.15, 0.2) is 0 Å². The van der Waals surface area contributed by atoms with Crippen LogP contribution in [0.3, 0.4) is 0 Å². The third kappa shape index (κ3) is 4.70. The van der Waals surface area contributed by atoms with Gasteiger partial charge in [0.2, 0.25) is 0 Å². The minimum Gasteiger partial charge on any atom is -0.316 e. The molecule has 1 saturated carbocycles. The van der Waals surface area contributed by atoms with Gasteiger partial charge >= 0.3 is 0 Å². The van der Waals surface area contributed by atoms with Crippen molar-refractivity contribution < 1.29 is 0 Å². The van der Waals surface area contributed by atoms with Gasteiger partial charge in [0.05, 0.1) is 0 Å². The molecule has 1 nitrogen and oxygen atoms in total. The summed E-state index contributed by atoms with van der Waals surface area (Å²) in [6.07, 6.45) is 5.56. The van der Waals surface area contributed by atoms with Gasteiger partial charge < -0.3 is 5.32 Å².